The predicted octanol–water partition coefficient (Wildman–Crippen LogP) is 4.15. The fourth-order valence-corrected chi connectivity index (χ4v) is 3.85. The number of amides is 1. The Morgan fingerprint density at radius 2 is 2.08 bits per heavy atom. The van der Waals surface area contributed by atoms with E-state index in [2.05, 4.69) is 10.3 Å². The van der Waals surface area contributed by atoms with Crippen LogP contribution in [0.2, 0.25) is 0 Å². The second-order valence-electron chi connectivity index (χ2n) is 5.40. The highest BCUT2D eigenvalue weighted by Crippen LogP contribution is 2.26. The van der Waals surface area contributed by atoms with Gasteiger partial charge in [-0.1, -0.05) is 0 Å². The Labute approximate surface area is 153 Å². The van der Waals surface area contributed by atoms with Crippen molar-refractivity contribution in [2.24, 2.45) is 0 Å². The monoisotopic (exact) mass is 372 g/mol. The van der Waals surface area contributed by atoms with E-state index in [1.165, 1.54) is 18.4 Å². The number of carbonyl (C=O) groups excluding carboxylic acids is 2. The first kappa shape index (κ1) is 17.3. The molecule has 3 rings (SSSR count). The van der Waals surface area contributed by atoms with Crippen molar-refractivity contribution in [3.05, 3.63) is 57.2 Å². The number of carbonyl (C=O) groups is 2. The maximum Gasteiger partial charge on any atom is 0.337 e. The van der Waals surface area contributed by atoms with E-state index >= 15 is 0 Å². The highest BCUT2D eigenvalue weighted by molar-refractivity contribution is 7.14. The Kier molecular flexibility index (Phi) is 5.25. The third-order valence-corrected chi connectivity index (χ3v) is 5.21. The zero-order valence-electron chi connectivity index (χ0n) is 13.7. The number of methoxy groups -OCH3 is 1. The van der Waals surface area contributed by atoms with Gasteiger partial charge in [0, 0.05) is 22.0 Å². The number of thiazole rings is 1. The minimum Gasteiger partial charge on any atom is -0.465 e. The van der Waals surface area contributed by atoms with Gasteiger partial charge in [0.05, 0.1) is 24.8 Å². The van der Waals surface area contributed by atoms with Gasteiger partial charge in [0.15, 0.2) is 0 Å². The van der Waals surface area contributed by atoms with Crippen LogP contribution in [0.3, 0.4) is 0 Å². The van der Waals surface area contributed by atoms with Gasteiger partial charge in [0.2, 0.25) is 5.91 Å². The first-order valence-corrected chi connectivity index (χ1v) is 9.35. The van der Waals surface area contributed by atoms with E-state index in [0.29, 0.717) is 11.3 Å². The van der Waals surface area contributed by atoms with E-state index in [9.17, 15) is 9.59 Å². The molecule has 5 nitrogen and oxygen atoms in total. The standard InChI is InChI=1S/C18H16N2O3S2/c1-11-7-12(18(22)23-2)3-4-15(11)20-16(21)8-14-10-25-17(19-14)13-5-6-24-9-13/h3-7,9-10H,8H2,1-2H3,(H,20,21). The van der Waals surface area contributed by atoms with Crippen LogP contribution in [0.15, 0.2) is 40.4 Å². The molecule has 0 spiro atoms. The third-order valence-electron chi connectivity index (χ3n) is 3.58. The third kappa shape index (κ3) is 4.12. The molecule has 128 valence electrons. The van der Waals surface area contributed by atoms with Crippen LogP contribution in [0.5, 0.6) is 0 Å². The Balaban J connectivity index is 1.66. The van der Waals surface area contributed by atoms with E-state index in [0.717, 1.165) is 21.8 Å². The number of rotatable bonds is 5. The molecule has 0 atom stereocenters. The van der Waals surface area contributed by atoms with Gasteiger partial charge in [-0.05, 0) is 42.1 Å². The molecule has 0 unspecified atom stereocenters. The molecule has 0 bridgehead atoms. The number of nitrogens with one attached hydrogen (secondary N) is 1. The zero-order chi connectivity index (χ0) is 17.8. The van der Waals surface area contributed by atoms with Gasteiger partial charge in [-0.25, -0.2) is 9.78 Å². The smallest absolute Gasteiger partial charge is 0.337 e. The maximum atomic E-state index is 12.3. The van der Waals surface area contributed by atoms with E-state index < -0.39 is 5.97 Å². The van der Waals surface area contributed by atoms with Gasteiger partial charge in [-0.2, -0.15) is 11.3 Å². The molecule has 2 aromatic heterocycles. The number of anilines is 1. The Morgan fingerprint density at radius 1 is 1.24 bits per heavy atom. The summed E-state index contributed by atoms with van der Waals surface area (Å²) in [5.74, 6) is -0.541. The molecule has 0 aliphatic heterocycles. The molecule has 0 aliphatic rings. The van der Waals surface area contributed by atoms with Crippen LogP contribution in [-0.2, 0) is 16.0 Å². The molecule has 1 amide bonds. The molecule has 1 N–H and O–H groups in total. The number of ether oxygens (including phenoxy) is 1. The van der Waals surface area contributed by atoms with Crippen molar-refractivity contribution in [1.82, 2.24) is 4.98 Å². The summed E-state index contributed by atoms with van der Waals surface area (Å²) in [6.45, 7) is 1.83. The maximum absolute atomic E-state index is 12.3. The Morgan fingerprint density at radius 3 is 2.76 bits per heavy atom. The first-order chi connectivity index (χ1) is 12.1. The lowest BCUT2D eigenvalue weighted by Gasteiger charge is -2.09. The lowest BCUT2D eigenvalue weighted by molar-refractivity contribution is -0.115. The fourth-order valence-electron chi connectivity index (χ4n) is 2.31. The van der Waals surface area contributed by atoms with E-state index in [-0.39, 0.29) is 12.3 Å². The second-order valence-corrected chi connectivity index (χ2v) is 7.04. The molecule has 3 aromatic rings. The van der Waals surface area contributed by atoms with Crippen molar-refractivity contribution in [3.63, 3.8) is 0 Å². The quantitative estimate of drug-likeness (QED) is 0.683. The van der Waals surface area contributed by atoms with Gasteiger partial charge >= 0.3 is 5.97 Å². The van der Waals surface area contributed by atoms with Crippen LogP contribution in [0.1, 0.15) is 21.6 Å². The predicted molar refractivity (Wildman–Crippen MR) is 100 cm³/mol. The average Bonchev–Trinajstić information content (AvgIpc) is 3.27. The van der Waals surface area contributed by atoms with Crippen molar-refractivity contribution >= 4 is 40.2 Å². The highest BCUT2D eigenvalue weighted by atomic mass is 32.1. The lowest BCUT2D eigenvalue weighted by atomic mass is 10.1. The van der Waals surface area contributed by atoms with Crippen LogP contribution >= 0.6 is 22.7 Å². The lowest BCUT2D eigenvalue weighted by Crippen LogP contribution is -2.15. The van der Waals surface area contributed by atoms with Gasteiger partial charge in [-0.15, -0.1) is 11.3 Å². The van der Waals surface area contributed by atoms with Crippen LogP contribution in [0, 0.1) is 6.92 Å². The normalized spacial score (nSPS) is 10.5. The van der Waals surface area contributed by atoms with Gasteiger partial charge in [-0.3, -0.25) is 4.79 Å². The number of benzene rings is 1. The molecule has 7 heteroatoms. The minimum atomic E-state index is -0.399. The molecule has 1 aromatic carbocycles. The van der Waals surface area contributed by atoms with E-state index in [1.54, 1.807) is 29.5 Å². The molecular formula is C18H16N2O3S2. The molecule has 0 aliphatic carbocycles. The molecule has 0 fully saturated rings. The number of aromatic nitrogens is 1. The van der Waals surface area contributed by atoms with Crippen molar-refractivity contribution < 1.29 is 14.3 Å². The van der Waals surface area contributed by atoms with Crippen LogP contribution in [0.4, 0.5) is 5.69 Å². The number of hydrogen-bond donors (Lipinski definition) is 1. The average molecular weight is 372 g/mol. The summed E-state index contributed by atoms with van der Waals surface area (Å²) in [7, 11) is 1.34. The summed E-state index contributed by atoms with van der Waals surface area (Å²) in [6, 6.07) is 7.04. The summed E-state index contributed by atoms with van der Waals surface area (Å²) in [5.41, 5.74) is 3.75. The Hall–Kier alpha value is -2.51. The van der Waals surface area contributed by atoms with Crippen LogP contribution in [-0.4, -0.2) is 24.0 Å². The SMILES string of the molecule is COC(=O)c1ccc(NC(=O)Cc2csc(-c3ccsc3)n2)c(C)c1. The fraction of sp³-hybridized carbons (Fsp3) is 0.167. The Bertz CT molecular complexity index is 901. The number of nitrogens with zero attached hydrogens (tertiary/aromatic N) is 1. The molecule has 2 heterocycles. The molecule has 25 heavy (non-hydrogen) atoms. The van der Waals surface area contributed by atoms with Gasteiger partial charge in [0.1, 0.15) is 5.01 Å². The summed E-state index contributed by atoms with van der Waals surface area (Å²) in [4.78, 5) is 28.3. The number of esters is 1. The molecule has 0 radical (unpaired) electrons. The topological polar surface area (TPSA) is 68.3 Å². The van der Waals surface area contributed by atoms with Crippen LogP contribution in [0.25, 0.3) is 10.6 Å². The van der Waals surface area contributed by atoms with Crippen molar-refractivity contribution in [1.29, 1.82) is 0 Å². The van der Waals surface area contributed by atoms with Crippen LogP contribution < -0.4 is 5.32 Å². The first-order valence-electron chi connectivity index (χ1n) is 7.52. The van der Waals surface area contributed by atoms with Crippen molar-refractivity contribution in [3.8, 4) is 10.6 Å². The molecule has 0 saturated heterocycles. The highest BCUT2D eigenvalue weighted by Gasteiger charge is 2.12. The number of aryl methyl sites for hydroxylation is 1. The number of thiophene rings is 1. The molecule has 0 saturated carbocycles. The summed E-state index contributed by atoms with van der Waals surface area (Å²) >= 11 is 3.15. The van der Waals surface area contributed by atoms with Crippen molar-refractivity contribution in [2.75, 3.05) is 12.4 Å². The number of hydrogen-bond acceptors (Lipinski definition) is 6. The molecular weight excluding hydrogens is 356 g/mol. The summed E-state index contributed by atoms with van der Waals surface area (Å²) in [6.07, 6.45) is 0.207. The largest absolute Gasteiger partial charge is 0.465 e. The second kappa shape index (κ2) is 7.58. The van der Waals surface area contributed by atoms with Gasteiger partial charge in [0.25, 0.3) is 0 Å². The van der Waals surface area contributed by atoms with Gasteiger partial charge < -0.3 is 10.1 Å². The zero-order valence-corrected chi connectivity index (χ0v) is 15.4. The van der Waals surface area contributed by atoms with Crippen molar-refractivity contribution in [2.45, 2.75) is 13.3 Å². The summed E-state index contributed by atoms with van der Waals surface area (Å²) in [5, 5.41) is 9.72. The van der Waals surface area contributed by atoms with E-state index in [4.69, 9.17) is 4.74 Å². The minimum absolute atomic E-state index is 0.143. The van der Waals surface area contributed by atoms with E-state index in [1.807, 2.05) is 29.1 Å². The summed E-state index contributed by atoms with van der Waals surface area (Å²) < 4.78 is 4.69.